The number of rotatable bonds is 10. The molecule has 0 bridgehead atoms. The van der Waals surface area contributed by atoms with Crippen molar-refractivity contribution in [3.05, 3.63) is 272 Å². The molecule has 0 atom stereocenters. The van der Waals surface area contributed by atoms with Crippen LogP contribution in [0.1, 0.15) is 79.0 Å². The van der Waals surface area contributed by atoms with E-state index in [1.807, 2.05) is 30.5 Å². The number of halogens is 1. The number of pyridine rings is 1. The van der Waals surface area contributed by atoms with E-state index in [0.717, 1.165) is 106 Å². The molecule has 5 nitrogen and oxygen atoms in total. The predicted octanol–water partition coefficient (Wildman–Crippen LogP) is 21.3. The van der Waals surface area contributed by atoms with E-state index >= 15 is 4.39 Å². The summed E-state index contributed by atoms with van der Waals surface area (Å²) in [6.07, 6.45) is 1.90. The van der Waals surface area contributed by atoms with Crippen molar-refractivity contribution in [1.29, 1.82) is 0 Å². The van der Waals surface area contributed by atoms with Crippen molar-refractivity contribution in [2.45, 2.75) is 78.6 Å². The van der Waals surface area contributed by atoms with Crippen molar-refractivity contribution in [3.8, 4) is 73.0 Å². The molecule has 0 N–H and O–H groups in total. The molecule has 0 unspecified atom stereocenters. The van der Waals surface area contributed by atoms with Gasteiger partial charge in [0.1, 0.15) is 11.6 Å². The minimum Gasteiger partial charge on any atom is -0.509 e. The first-order valence-corrected chi connectivity index (χ1v) is 28.9. The first kappa shape index (κ1) is 56.6. The van der Waals surface area contributed by atoms with Gasteiger partial charge in [0.2, 0.25) is 0 Å². The maximum atomic E-state index is 15.1. The second-order valence-electron chi connectivity index (χ2n) is 25.2. The molecule has 0 aliphatic carbocycles. The number of hydrogen-bond acceptors (Lipinski definition) is 4. The Morgan fingerprint density at radius 3 is 1.59 bits per heavy atom. The molecule has 0 fully saturated rings. The van der Waals surface area contributed by atoms with Crippen molar-refractivity contribution >= 4 is 44.6 Å². The molecule has 1 aliphatic rings. The quantitative estimate of drug-likeness (QED) is 0.128. The van der Waals surface area contributed by atoms with Crippen LogP contribution in [0.25, 0.3) is 83.3 Å². The number of fused-ring (bicyclic) bond motifs is 4. The summed E-state index contributed by atoms with van der Waals surface area (Å²) in [6, 6.07) is 85.6. The molecular formula is C78H66FN4OPt-3. The van der Waals surface area contributed by atoms with Gasteiger partial charge in [0, 0.05) is 72.5 Å². The Balaban J connectivity index is 0.00000709. The van der Waals surface area contributed by atoms with E-state index in [1.54, 1.807) is 12.1 Å². The summed E-state index contributed by atoms with van der Waals surface area (Å²) < 4.78 is 24.3. The molecule has 10 aromatic carbocycles. The van der Waals surface area contributed by atoms with Crippen LogP contribution in [0.2, 0.25) is 0 Å². The zero-order valence-corrected chi connectivity index (χ0v) is 51.7. The molecule has 0 spiro atoms. The third kappa shape index (κ3) is 11.1. The Kier molecular flexibility index (Phi) is 14.9. The van der Waals surface area contributed by atoms with E-state index in [2.05, 4.69) is 284 Å². The molecule has 85 heavy (non-hydrogen) atoms. The number of aromatic nitrogens is 2. The first-order chi connectivity index (χ1) is 40.4. The molecule has 7 heteroatoms. The maximum absolute atomic E-state index is 15.1. The summed E-state index contributed by atoms with van der Waals surface area (Å²) in [5.74, 6) is 1.60. The van der Waals surface area contributed by atoms with Gasteiger partial charge in [0.15, 0.2) is 0 Å². The maximum Gasteiger partial charge on any atom is 0.135 e. The van der Waals surface area contributed by atoms with Crippen LogP contribution in [0.15, 0.2) is 231 Å². The largest absolute Gasteiger partial charge is 0.509 e. The van der Waals surface area contributed by atoms with Crippen molar-refractivity contribution in [2.24, 2.45) is 0 Å². The topological polar surface area (TPSA) is 33.5 Å². The van der Waals surface area contributed by atoms with Crippen LogP contribution in [0.5, 0.6) is 11.5 Å². The zero-order chi connectivity index (χ0) is 58.1. The van der Waals surface area contributed by atoms with Gasteiger partial charge in [-0.1, -0.05) is 213 Å². The van der Waals surface area contributed by atoms with Crippen LogP contribution in [0.4, 0.5) is 27.1 Å². The molecule has 1 aliphatic heterocycles. The number of hydrogen-bond donors (Lipinski definition) is 0. The standard InChI is InChI=1S/C78H66FN4O.Pt/c1-76(2,3)59-38-39-80-74(47-59)83-70-25-17-16-24-66(70)67-37-36-64(49-73(67)83)84-65-43-56(54-30-28-53(29-31-54)51-20-12-10-13-21-51)42-63(48-65)81-50-82(72-27-19-18-26-71(72)81)75-68(55-32-34-62(79)35-33-55)44-57(52-22-14-11-15-23-52)45-69(75)58-40-60(77(4,5)6)46-61(41-58)78(7,8)9;/h10-47,50H,1-9H3;/q-3;. The number of nitrogens with zero attached hydrogens (tertiary/aromatic N) is 4. The van der Waals surface area contributed by atoms with Gasteiger partial charge in [-0.25, -0.2) is 9.37 Å². The Labute approximate surface area is 514 Å². The van der Waals surface area contributed by atoms with Crippen molar-refractivity contribution in [3.63, 3.8) is 0 Å². The van der Waals surface area contributed by atoms with E-state index in [1.165, 1.54) is 16.7 Å². The third-order valence-electron chi connectivity index (χ3n) is 16.3. The Hall–Kier alpha value is -8.83. The Morgan fingerprint density at radius 1 is 0.424 bits per heavy atom. The second kappa shape index (κ2) is 22.3. The normalized spacial score (nSPS) is 12.6. The van der Waals surface area contributed by atoms with Crippen LogP contribution in [0.3, 0.4) is 0 Å². The molecule has 3 heterocycles. The second-order valence-corrected chi connectivity index (χ2v) is 25.2. The average molecular weight is 1290 g/mol. The van der Waals surface area contributed by atoms with Crippen molar-refractivity contribution < 1.29 is 30.2 Å². The molecule has 2 aromatic heterocycles. The predicted molar refractivity (Wildman–Crippen MR) is 347 cm³/mol. The fourth-order valence-corrected chi connectivity index (χ4v) is 11.6. The molecule has 0 radical (unpaired) electrons. The Morgan fingerprint density at radius 2 is 0.953 bits per heavy atom. The zero-order valence-electron chi connectivity index (χ0n) is 49.4. The fourth-order valence-electron chi connectivity index (χ4n) is 11.6. The van der Waals surface area contributed by atoms with Gasteiger partial charge in [0.25, 0.3) is 0 Å². The van der Waals surface area contributed by atoms with Gasteiger partial charge >= 0.3 is 0 Å². The minimum absolute atomic E-state index is 0. The molecule has 0 saturated carbocycles. The Bertz CT molecular complexity index is 4400. The summed E-state index contributed by atoms with van der Waals surface area (Å²) in [5.41, 5.74) is 19.3. The smallest absolute Gasteiger partial charge is 0.135 e. The van der Waals surface area contributed by atoms with Gasteiger partial charge in [-0.3, -0.25) is 0 Å². The van der Waals surface area contributed by atoms with E-state index in [0.29, 0.717) is 11.5 Å². The summed E-state index contributed by atoms with van der Waals surface area (Å²) in [7, 11) is 0. The molecule has 13 rings (SSSR count). The van der Waals surface area contributed by atoms with Crippen LogP contribution >= 0.6 is 0 Å². The average Bonchev–Trinajstić information content (AvgIpc) is 1.93. The number of anilines is 4. The number of benzene rings is 10. The van der Waals surface area contributed by atoms with Gasteiger partial charge in [0.05, 0.1) is 0 Å². The molecule has 0 amide bonds. The van der Waals surface area contributed by atoms with E-state index < -0.39 is 0 Å². The molecule has 12 aromatic rings. The van der Waals surface area contributed by atoms with Crippen molar-refractivity contribution in [1.82, 2.24) is 9.55 Å². The number of ether oxygens (including phenoxy) is 1. The molecule has 424 valence electrons. The van der Waals surface area contributed by atoms with Gasteiger partial charge < -0.3 is 19.1 Å². The van der Waals surface area contributed by atoms with E-state index in [-0.39, 0.29) is 43.1 Å². The van der Waals surface area contributed by atoms with Gasteiger partial charge in [-0.15, -0.1) is 53.6 Å². The SMILES string of the molecule is CC(C)(C)c1cc(-c2cc(-c3ccccc3)cc(-c3ccc(F)cc3)c2N2[CH-]N(c3[c-]c(Oc4[c-]c5c(cc4)c4ccccc4n5-c4cc(C(C)(C)C)ccn4)cc(-c4ccc(-c5ccccc5)cc4)c3)c3ccccc32)cc(C(C)(C)C)c1.[Pt]. The van der Waals surface area contributed by atoms with E-state index in [9.17, 15) is 0 Å². The third-order valence-corrected chi connectivity index (χ3v) is 16.3. The molecular weight excluding hydrogens is 1220 g/mol. The van der Waals surface area contributed by atoms with Crippen LogP contribution in [-0.2, 0) is 37.3 Å². The molecule has 0 saturated heterocycles. The van der Waals surface area contributed by atoms with Gasteiger partial charge in [-0.2, -0.15) is 6.07 Å². The summed E-state index contributed by atoms with van der Waals surface area (Å²) in [4.78, 5) is 9.48. The first-order valence-electron chi connectivity index (χ1n) is 28.9. The number of para-hydroxylation sites is 3. The van der Waals surface area contributed by atoms with Crippen LogP contribution in [0, 0.1) is 24.6 Å². The van der Waals surface area contributed by atoms with E-state index in [4.69, 9.17) is 9.72 Å². The summed E-state index contributed by atoms with van der Waals surface area (Å²) in [6.45, 7) is 22.6. The van der Waals surface area contributed by atoms with Crippen LogP contribution < -0.4 is 14.5 Å². The minimum atomic E-state index is -0.289. The van der Waals surface area contributed by atoms with Crippen LogP contribution in [-0.4, -0.2) is 9.55 Å². The van der Waals surface area contributed by atoms with Crippen molar-refractivity contribution in [2.75, 3.05) is 9.80 Å². The van der Waals surface area contributed by atoms with Gasteiger partial charge in [-0.05, 0) is 132 Å². The summed E-state index contributed by atoms with van der Waals surface area (Å²) in [5, 5.41) is 2.16. The monoisotopic (exact) mass is 1290 g/mol. The summed E-state index contributed by atoms with van der Waals surface area (Å²) >= 11 is 0. The fraction of sp³-hybridized carbons (Fsp3) is 0.154.